The third-order valence-corrected chi connectivity index (χ3v) is 11.5. The Labute approximate surface area is 285 Å². The van der Waals surface area contributed by atoms with Crippen molar-refractivity contribution in [2.45, 2.75) is 138 Å². The number of hydrogen-bond donors (Lipinski definition) is 2. The molecule has 0 bridgehead atoms. The normalized spacial score (nSPS) is 11.5. The van der Waals surface area contributed by atoms with Crippen molar-refractivity contribution in [1.29, 1.82) is 0 Å². The molecule has 264 valence electrons. The van der Waals surface area contributed by atoms with Crippen LogP contribution in [0.2, 0.25) is 0 Å². The number of carbonyl (C=O) groups excluding carboxylic acids is 2. The van der Waals surface area contributed by atoms with E-state index in [2.05, 4.69) is 101 Å². The Morgan fingerprint density at radius 2 is 1.45 bits per heavy atom. The molecule has 0 radical (unpaired) electrons. The van der Waals surface area contributed by atoms with E-state index in [-0.39, 0.29) is 21.7 Å². The molecule has 44 heavy (non-hydrogen) atoms. The van der Waals surface area contributed by atoms with Gasteiger partial charge in [0, 0.05) is 11.1 Å². The lowest BCUT2D eigenvalue weighted by Gasteiger charge is -2.40. The molecule has 9 heteroatoms. The Bertz CT molecular complexity index is 804. The van der Waals surface area contributed by atoms with E-state index >= 15 is 0 Å². The standard InChI is InChI=1S/C11H16N2O3S2.C10H22.C7H18S.C5H10O.C2H6/c1-3-4-9-12-8(6-18-9)10(14)13-7(5-17)11(15)16-2;1-4-7-10(8-5-2)9-6-3;1-7(2,3)8(4,5)6;1-4-6-5(2)3;1-2/h6-7,17H,3-5H2,1-2H3,(H,13,14);10H,4-9H2,1-3H3;1-6H3;2,4H2,1,3H3;1-2H3. The number of methoxy groups -OCH3 is 1. The number of rotatable bonds is 14. The zero-order chi connectivity index (χ0) is 35.4. The van der Waals surface area contributed by atoms with E-state index in [1.807, 2.05) is 27.7 Å². The first-order valence-corrected chi connectivity index (χ1v) is 20.8. The maximum atomic E-state index is 11.8. The fourth-order valence-corrected chi connectivity index (χ4v) is 4.32. The van der Waals surface area contributed by atoms with E-state index in [0.717, 1.165) is 36.1 Å². The second-order valence-electron chi connectivity index (χ2n) is 11.9. The van der Waals surface area contributed by atoms with Gasteiger partial charge >= 0.3 is 5.97 Å². The van der Waals surface area contributed by atoms with Crippen LogP contribution in [-0.2, 0) is 20.7 Å². The van der Waals surface area contributed by atoms with Crippen LogP contribution < -0.4 is 5.32 Å². The first-order valence-electron chi connectivity index (χ1n) is 16.4. The number of hydrogen-bond acceptors (Lipinski definition) is 7. The highest BCUT2D eigenvalue weighted by atomic mass is 32.3. The molecular weight excluding hydrogens is 609 g/mol. The number of aromatic nitrogens is 1. The summed E-state index contributed by atoms with van der Waals surface area (Å²) in [6.07, 6.45) is 17.3. The molecular formula is C35H72N2O4S3. The topological polar surface area (TPSA) is 77.5 Å². The molecule has 1 aromatic heterocycles. The lowest BCUT2D eigenvalue weighted by molar-refractivity contribution is -0.142. The Morgan fingerprint density at radius 1 is 1.00 bits per heavy atom. The first-order chi connectivity index (χ1) is 20.5. The highest BCUT2D eigenvalue weighted by molar-refractivity contribution is 8.33. The predicted octanol–water partition coefficient (Wildman–Crippen LogP) is 10.4. The summed E-state index contributed by atoms with van der Waals surface area (Å²) in [5.74, 6) is 1.11. The molecule has 0 spiro atoms. The van der Waals surface area contributed by atoms with Crippen molar-refractivity contribution in [2.75, 3.05) is 38.2 Å². The lowest BCUT2D eigenvalue weighted by Crippen LogP contribution is -2.43. The molecule has 1 atom stereocenters. The monoisotopic (exact) mass is 680 g/mol. The van der Waals surface area contributed by atoms with Gasteiger partial charge in [0.2, 0.25) is 0 Å². The van der Waals surface area contributed by atoms with Crippen molar-refractivity contribution in [3.05, 3.63) is 28.4 Å². The lowest BCUT2D eigenvalue weighted by atomic mass is 9.94. The van der Waals surface area contributed by atoms with E-state index in [9.17, 15) is 9.59 Å². The summed E-state index contributed by atoms with van der Waals surface area (Å²) in [5, 5.41) is 5.15. The first kappa shape index (κ1) is 49.7. The van der Waals surface area contributed by atoms with Crippen molar-refractivity contribution < 1.29 is 19.1 Å². The van der Waals surface area contributed by atoms with Gasteiger partial charge in [0.1, 0.15) is 11.7 Å². The Morgan fingerprint density at radius 3 is 1.73 bits per heavy atom. The number of ether oxygens (including phenoxy) is 2. The average Bonchev–Trinajstić information content (AvgIpc) is 3.42. The fraction of sp³-hybridized carbons (Fsp3) is 0.800. The molecule has 1 unspecified atom stereocenters. The molecule has 0 saturated carbocycles. The van der Waals surface area contributed by atoms with Crippen LogP contribution in [0.15, 0.2) is 17.7 Å². The number of carbonyl (C=O) groups is 2. The average molecular weight is 681 g/mol. The molecule has 0 saturated heterocycles. The van der Waals surface area contributed by atoms with Crippen molar-refractivity contribution in [2.24, 2.45) is 5.92 Å². The SMILES string of the molecule is C=C(C)OCC.CC.CC(C)(C)S(C)(C)C.CCCC(CCC)CCC.CCCc1nc(C(=O)NC(CS)C(=O)OC)cs1. The number of esters is 1. The smallest absolute Gasteiger partial charge is 0.329 e. The van der Waals surface area contributed by atoms with Crippen LogP contribution in [0, 0.1) is 5.92 Å². The van der Waals surface area contributed by atoms with Gasteiger partial charge < -0.3 is 14.8 Å². The molecule has 0 aliphatic heterocycles. The van der Waals surface area contributed by atoms with E-state index in [0.29, 0.717) is 10.4 Å². The molecule has 0 aliphatic carbocycles. The van der Waals surface area contributed by atoms with E-state index in [1.54, 1.807) is 5.38 Å². The molecule has 1 amide bonds. The maximum Gasteiger partial charge on any atom is 0.329 e. The Balaban J connectivity index is -0.000000261. The Kier molecular flexibility index (Phi) is 34.4. The van der Waals surface area contributed by atoms with Crippen molar-refractivity contribution in [1.82, 2.24) is 10.3 Å². The van der Waals surface area contributed by atoms with Crippen molar-refractivity contribution >= 4 is 45.9 Å². The van der Waals surface area contributed by atoms with Gasteiger partial charge in [-0.1, -0.05) is 107 Å². The van der Waals surface area contributed by atoms with E-state index < -0.39 is 12.0 Å². The van der Waals surface area contributed by atoms with Crippen LogP contribution in [0.4, 0.5) is 0 Å². The molecule has 1 aromatic rings. The number of amides is 1. The zero-order valence-corrected chi connectivity index (χ0v) is 33.9. The number of aryl methyl sites for hydroxylation is 1. The highest BCUT2D eigenvalue weighted by Crippen LogP contribution is 2.48. The zero-order valence-electron chi connectivity index (χ0n) is 31.4. The van der Waals surface area contributed by atoms with Crippen molar-refractivity contribution in [3.63, 3.8) is 0 Å². The summed E-state index contributed by atoms with van der Waals surface area (Å²) >= 11 is 5.45. The third-order valence-electron chi connectivity index (χ3n) is 6.54. The Hall–Kier alpha value is -1.19. The van der Waals surface area contributed by atoms with Gasteiger partial charge in [-0.05, 0) is 56.1 Å². The summed E-state index contributed by atoms with van der Waals surface area (Å²) in [7, 11) is 0.931. The minimum Gasteiger partial charge on any atom is -0.499 e. The summed E-state index contributed by atoms with van der Waals surface area (Å²) in [6.45, 7) is 27.9. The number of thiazole rings is 1. The molecule has 6 nitrogen and oxygen atoms in total. The predicted molar refractivity (Wildman–Crippen MR) is 204 cm³/mol. The molecule has 0 aliphatic rings. The van der Waals surface area contributed by atoms with Gasteiger partial charge in [-0.2, -0.15) is 12.6 Å². The van der Waals surface area contributed by atoms with Crippen LogP contribution >= 0.6 is 34.0 Å². The van der Waals surface area contributed by atoms with Crippen molar-refractivity contribution in [3.8, 4) is 0 Å². The van der Waals surface area contributed by atoms with Crippen LogP contribution in [0.25, 0.3) is 0 Å². The van der Waals surface area contributed by atoms with Gasteiger partial charge in [-0.15, -0.1) is 11.3 Å². The quantitative estimate of drug-likeness (QED) is 0.116. The van der Waals surface area contributed by atoms with Gasteiger partial charge in [-0.25, -0.2) is 19.8 Å². The van der Waals surface area contributed by atoms with Crippen LogP contribution in [0.5, 0.6) is 0 Å². The number of allylic oxidation sites excluding steroid dienone is 1. The van der Waals surface area contributed by atoms with E-state index in [1.165, 1.54) is 57.0 Å². The fourth-order valence-electron chi connectivity index (χ4n) is 3.20. The van der Waals surface area contributed by atoms with Crippen LogP contribution in [0.3, 0.4) is 0 Å². The highest BCUT2D eigenvalue weighted by Gasteiger charge is 2.22. The van der Waals surface area contributed by atoms with Crippen LogP contribution in [-0.4, -0.2) is 65.9 Å². The summed E-state index contributed by atoms with van der Waals surface area (Å²) in [6, 6.07) is -0.748. The van der Waals surface area contributed by atoms with Gasteiger partial charge in [0.05, 0.1) is 24.5 Å². The molecule has 1 rings (SSSR count). The third kappa shape index (κ3) is 28.3. The number of thiol groups is 1. The summed E-state index contributed by atoms with van der Waals surface area (Å²) in [5.41, 5.74) is 0.333. The minimum absolute atomic E-state index is 0.185. The van der Waals surface area contributed by atoms with Gasteiger partial charge in [0.25, 0.3) is 5.91 Å². The molecule has 0 fully saturated rings. The van der Waals surface area contributed by atoms with Gasteiger partial charge in [-0.3, -0.25) is 4.79 Å². The van der Waals surface area contributed by atoms with Gasteiger partial charge in [0.15, 0.2) is 0 Å². The second kappa shape index (κ2) is 30.5. The van der Waals surface area contributed by atoms with Crippen LogP contribution in [0.1, 0.15) is 137 Å². The molecule has 1 heterocycles. The van der Waals surface area contributed by atoms with E-state index in [4.69, 9.17) is 4.74 Å². The second-order valence-corrected chi connectivity index (χ2v) is 18.1. The summed E-state index contributed by atoms with van der Waals surface area (Å²) < 4.78 is 9.93. The number of nitrogens with one attached hydrogen (secondary N) is 1. The molecule has 0 aromatic carbocycles. The number of nitrogens with zero attached hydrogens (tertiary/aromatic N) is 1. The largest absolute Gasteiger partial charge is 0.499 e. The molecule has 1 N–H and O–H groups in total. The summed E-state index contributed by atoms with van der Waals surface area (Å²) in [4.78, 5) is 27.4. The minimum atomic E-state index is -0.748. The maximum absolute atomic E-state index is 11.8.